The Labute approximate surface area is 78.9 Å². The van der Waals surface area contributed by atoms with Gasteiger partial charge in [0.05, 0.1) is 0 Å². The number of ketones is 1. The fourth-order valence-electron chi connectivity index (χ4n) is 1.86. The van der Waals surface area contributed by atoms with Crippen LogP contribution in [0, 0.1) is 0 Å². The molecule has 0 atom stereocenters. The number of rotatable bonds is 0. The molecule has 0 fully saturated rings. The van der Waals surface area contributed by atoms with E-state index in [0.29, 0.717) is 5.78 Å². The van der Waals surface area contributed by atoms with Crippen LogP contribution in [0.15, 0.2) is 23.3 Å². The lowest BCUT2D eigenvalue weighted by molar-refractivity contribution is -0.115. The van der Waals surface area contributed by atoms with E-state index in [2.05, 4.69) is 6.08 Å². The van der Waals surface area contributed by atoms with Gasteiger partial charge in [0.15, 0.2) is 5.78 Å². The smallest absolute Gasteiger partial charge is 0.162 e. The van der Waals surface area contributed by atoms with Crippen molar-refractivity contribution in [3.8, 4) is 0 Å². The summed E-state index contributed by atoms with van der Waals surface area (Å²) in [4.78, 5) is 11.3. The molecule has 2 aliphatic carbocycles. The summed E-state index contributed by atoms with van der Waals surface area (Å²) >= 11 is 0. The highest BCUT2D eigenvalue weighted by Crippen LogP contribution is 2.29. The molecule has 66 valence electrons. The first-order chi connectivity index (χ1) is 5.38. The van der Waals surface area contributed by atoms with Crippen LogP contribution in [0.4, 0.5) is 0 Å². The van der Waals surface area contributed by atoms with Crippen molar-refractivity contribution >= 4 is 18.2 Å². The second-order valence-corrected chi connectivity index (χ2v) is 3.24. The molecular weight excluding hydrogens is 172 g/mol. The summed E-state index contributed by atoms with van der Waals surface area (Å²) in [6.07, 6.45) is 9.38. The fraction of sp³-hybridized carbons (Fsp3) is 0.500. The Bertz CT molecular complexity index is 251. The normalized spacial score (nSPS) is 21.8. The monoisotopic (exact) mass is 184 g/mol. The summed E-state index contributed by atoms with van der Waals surface area (Å²) < 4.78 is 0. The largest absolute Gasteiger partial charge is 0.294 e. The minimum Gasteiger partial charge on any atom is -0.294 e. The molecule has 0 N–H and O–H groups in total. The van der Waals surface area contributed by atoms with Crippen molar-refractivity contribution in [2.24, 2.45) is 0 Å². The standard InChI is InChI=1S/C10H12O.ClH/c11-10-7-3-5-8-4-1-2-6-9(8)10;/h2,6H,1,3-5,7H2;1H. The van der Waals surface area contributed by atoms with Crippen LogP contribution in [0.1, 0.15) is 32.1 Å². The fourth-order valence-corrected chi connectivity index (χ4v) is 1.86. The molecule has 0 saturated heterocycles. The van der Waals surface area contributed by atoms with Crippen molar-refractivity contribution in [1.29, 1.82) is 0 Å². The van der Waals surface area contributed by atoms with Crippen LogP contribution in [0.2, 0.25) is 0 Å². The number of halogens is 1. The molecule has 0 radical (unpaired) electrons. The average Bonchev–Trinajstić information content (AvgIpc) is 2.06. The Morgan fingerprint density at radius 2 is 2.00 bits per heavy atom. The third kappa shape index (κ3) is 1.61. The number of carbonyl (C=O) groups excluding carboxylic acids is 1. The van der Waals surface area contributed by atoms with Gasteiger partial charge >= 0.3 is 0 Å². The van der Waals surface area contributed by atoms with Gasteiger partial charge < -0.3 is 0 Å². The first-order valence-electron chi connectivity index (χ1n) is 4.30. The molecular formula is C10H13ClO. The number of hydrogen-bond acceptors (Lipinski definition) is 1. The van der Waals surface area contributed by atoms with E-state index in [0.717, 1.165) is 37.7 Å². The molecule has 0 spiro atoms. The van der Waals surface area contributed by atoms with E-state index in [1.165, 1.54) is 5.57 Å². The third-order valence-electron chi connectivity index (χ3n) is 2.46. The van der Waals surface area contributed by atoms with E-state index in [1.807, 2.05) is 6.08 Å². The molecule has 0 aliphatic heterocycles. The zero-order chi connectivity index (χ0) is 7.68. The van der Waals surface area contributed by atoms with Gasteiger partial charge in [-0.15, -0.1) is 12.4 Å². The number of allylic oxidation sites excluding steroid dienone is 4. The van der Waals surface area contributed by atoms with Gasteiger partial charge in [0, 0.05) is 12.0 Å². The van der Waals surface area contributed by atoms with Gasteiger partial charge in [-0.25, -0.2) is 0 Å². The van der Waals surface area contributed by atoms with Gasteiger partial charge in [-0.05, 0) is 25.7 Å². The van der Waals surface area contributed by atoms with Crippen LogP contribution in [0.5, 0.6) is 0 Å². The molecule has 0 saturated carbocycles. The van der Waals surface area contributed by atoms with E-state index in [4.69, 9.17) is 0 Å². The molecule has 0 bridgehead atoms. The SMILES string of the molecule is Cl.O=C1CCCC2=C1C=CCC2. The molecule has 0 aromatic rings. The van der Waals surface area contributed by atoms with Crippen LogP contribution in [-0.4, -0.2) is 5.78 Å². The summed E-state index contributed by atoms with van der Waals surface area (Å²) in [6, 6.07) is 0. The Hall–Kier alpha value is -0.560. The molecule has 2 aliphatic rings. The van der Waals surface area contributed by atoms with E-state index in [1.54, 1.807) is 0 Å². The lowest BCUT2D eigenvalue weighted by Crippen LogP contribution is -2.11. The summed E-state index contributed by atoms with van der Waals surface area (Å²) in [7, 11) is 0. The Kier molecular flexibility index (Phi) is 3.10. The average molecular weight is 185 g/mol. The van der Waals surface area contributed by atoms with Gasteiger partial charge in [-0.3, -0.25) is 4.79 Å². The molecule has 0 unspecified atom stereocenters. The molecule has 0 aromatic carbocycles. The van der Waals surface area contributed by atoms with Crippen LogP contribution >= 0.6 is 12.4 Å². The lowest BCUT2D eigenvalue weighted by Gasteiger charge is -2.19. The van der Waals surface area contributed by atoms with E-state index in [9.17, 15) is 4.79 Å². The predicted octanol–water partition coefficient (Wildman–Crippen LogP) is 2.81. The molecule has 1 nitrogen and oxygen atoms in total. The lowest BCUT2D eigenvalue weighted by atomic mass is 9.85. The molecule has 2 rings (SSSR count). The van der Waals surface area contributed by atoms with Gasteiger partial charge in [-0.2, -0.15) is 0 Å². The van der Waals surface area contributed by atoms with Gasteiger partial charge in [-0.1, -0.05) is 17.7 Å². The van der Waals surface area contributed by atoms with Gasteiger partial charge in [0.2, 0.25) is 0 Å². The molecule has 2 heteroatoms. The Morgan fingerprint density at radius 1 is 1.17 bits per heavy atom. The maximum absolute atomic E-state index is 11.3. The number of carbonyl (C=O) groups is 1. The van der Waals surface area contributed by atoms with Crippen LogP contribution in [-0.2, 0) is 4.79 Å². The zero-order valence-corrected chi connectivity index (χ0v) is 7.82. The second kappa shape index (κ2) is 3.90. The summed E-state index contributed by atoms with van der Waals surface area (Å²) in [6.45, 7) is 0. The van der Waals surface area contributed by atoms with Gasteiger partial charge in [0.1, 0.15) is 0 Å². The van der Waals surface area contributed by atoms with Crippen molar-refractivity contribution in [2.45, 2.75) is 32.1 Å². The topological polar surface area (TPSA) is 17.1 Å². The van der Waals surface area contributed by atoms with Gasteiger partial charge in [0.25, 0.3) is 0 Å². The quantitative estimate of drug-likeness (QED) is 0.566. The first kappa shape index (κ1) is 9.53. The van der Waals surface area contributed by atoms with E-state index in [-0.39, 0.29) is 12.4 Å². The first-order valence-corrected chi connectivity index (χ1v) is 4.30. The molecule has 12 heavy (non-hydrogen) atoms. The maximum Gasteiger partial charge on any atom is 0.162 e. The van der Waals surface area contributed by atoms with Crippen LogP contribution < -0.4 is 0 Å². The highest BCUT2D eigenvalue weighted by molar-refractivity contribution is 5.99. The molecule has 0 amide bonds. The zero-order valence-electron chi connectivity index (χ0n) is 7.01. The predicted molar refractivity (Wildman–Crippen MR) is 51.5 cm³/mol. The summed E-state index contributed by atoms with van der Waals surface area (Å²) in [5.74, 6) is 0.363. The minimum atomic E-state index is 0. The second-order valence-electron chi connectivity index (χ2n) is 3.24. The highest BCUT2D eigenvalue weighted by atomic mass is 35.5. The van der Waals surface area contributed by atoms with Crippen LogP contribution in [0.25, 0.3) is 0 Å². The van der Waals surface area contributed by atoms with Crippen molar-refractivity contribution in [3.63, 3.8) is 0 Å². The Morgan fingerprint density at radius 3 is 2.75 bits per heavy atom. The molecule has 0 heterocycles. The number of hydrogen-bond donors (Lipinski definition) is 0. The maximum atomic E-state index is 11.3. The minimum absolute atomic E-state index is 0. The molecule has 0 aromatic heterocycles. The summed E-state index contributed by atoms with van der Waals surface area (Å²) in [5.41, 5.74) is 2.44. The van der Waals surface area contributed by atoms with Crippen LogP contribution in [0.3, 0.4) is 0 Å². The van der Waals surface area contributed by atoms with Crippen molar-refractivity contribution < 1.29 is 4.79 Å². The summed E-state index contributed by atoms with van der Waals surface area (Å²) in [5, 5.41) is 0. The van der Waals surface area contributed by atoms with Crippen molar-refractivity contribution in [1.82, 2.24) is 0 Å². The third-order valence-corrected chi connectivity index (χ3v) is 2.46. The van der Waals surface area contributed by atoms with Crippen molar-refractivity contribution in [2.75, 3.05) is 0 Å². The highest BCUT2D eigenvalue weighted by Gasteiger charge is 2.19. The van der Waals surface area contributed by atoms with E-state index >= 15 is 0 Å². The van der Waals surface area contributed by atoms with Crippen molar-refractivity contribution in [3.05, 3.63) is 23.3 Å². The van der Waals surface area contributed by atoms with E-state index < -0.39 is 0 Å². The Balaban J connectivity index is 0.000000720. The number of Topliss-reactive ketones (excluding diaryl/α,β-unsaturated/α-hetero) is 1.